The molecule has 1 aromatic rings. The number of nitrogens with one attached hydrogen (secondary N) is 1. The molecule has 8 heteroatoms. The number of carbonyl (C=O) groups excluding carboxylic acids is 1. The number of methoxy groups -OCH3 is 2. The lowest BCUT2D eigenvalue weighted by Crippen LogP contribution is -2.25. The first-order valence-corrected chi connectivity index (χ1v) is 6.42. The number of hydrogen-bond donors (Lipinski definition) is 2. The van der Waals surface area contributed by atoms with Gasteiger partial charge in [-0.1, -0.05) is 22.9 Å². The van der Waals surface area contributed by atoms with E-state index in [4.69, 9.17) is 16.3 Å². The predicted molar refractivity (Wildman–Crippen MR) is 69.5 cm³/mol. The molecule has 0 fully saturated rings. The summed E-state index contributed by atoms with van der Waals surface area (Å²) >= 11 is 6.91. The fourth-order valence-corrected chi connectivity index (χ4v) is 2.41. The summed E-state index contributed by atoms with van der Waals surface area (Å²) in [5.74, 6) is -0.525. The molecule has 1 rings (SSSR count). The summed E-state index contributed by atoms with van der Waals surface area (Å²) < 4.78 is 9.50. The van der Waals surface area contributed by atoms with E-state index in [2.05, 4.69) is 15.0 Å². The van der Waals surface area contributed by atoms with Crippen molar-refractivity contribution in [2.45, 2.75) is 12.5 Å². The highest BCUT2D eigenvalue weighted by Crippen LogP contribution is 2.28. The van der Waals surface area contributed by atoms with Crippen LogP contribution in [0.25, 0.3) is 0 Å². The molecule has 0 aliphatic carbocycles. The van der Waals surface area contributed by atoms with Gasteiger partial charge in [0.05, 0.1) is 19.8 Å². The molecule has 0 amide bonds. The fourth-order valence-electron chi connectivity index (χ4n) is 1.23. The van der Waals surface area contributed by atoms with Crippen molar-refractivity contribution in [1.29, 1.82) is 0 Å². The molecule has 0 saturated heterocycles. The molecule has 1 atom stereocenters. The number of thiazole rings is 1. The molecule has 0 radical (unpaired) electrons. The van der Waals surface area contributed by atoms with Crippen molar-refractivity contribution < 1.29 is 19.4 Å². The van der Waals surface area contributed by atoms with Gasteiger partial charge in [0.2, 0.25) is 0 Å². The highest BCUT2D eigenvalue weighted by molar-refractivity contribution is 7.18. The van der Waals surface area contributed by atoms with Gasteiger partial charge in [0.15, 0.2) is 15.2 Å². The van der Waals surface area contributed by atoms with E-state index in [-0.39, 0.29) is 22.7 Å². The summed E-state index contributed by atoms with van der Waals surface area (Å²) in [6.07, 6.45) is 0.623. The summed E-state index contributed by atoms with van der Waals surface area (Å²) in [5.41, 5.74) is 0. The van der Waals surface area contributed by atoms with Crippen molar-refractivity contribution >= 4 is 34.0 Å². The van der Waals surface area contributed by atoms with E-state index in [0.29, 0.717) is 18.2 Å². The van der Waals surface area contributed by atoms with Crippen LogP contribution in [0.1, 0.15) is 16.1 Å². The van der Waals surface area contributed by atoms with E-state index in [0.717, 1.165) is 11.3 Å². The highest BCUT2D eigenvalue weighted by atomic mass is 35.5. The second-order valence-electron chi connectivity index (χ2n) is 3.44. The van der Waals surface area contributed by atoms with Crippen LogP contribution in [0.4, 0.5) is 5.13 Å². The van der Waals surface area contributed by atoms with E-state index >= 15 is 0 Å². The number of aromatic nitrogens is 1. The minimum absolute atomic E-state index is 0.0614. The average Bonchev–Trinajstić information content (AvgIpc) is 2.74. The molecule has 6 nitrogen and oxygen atoms in total. The van der Waals surface area contributed by atoms with E-state index in [1.165, 1.54) is 7.11 Å². The first-order valence-electron chi connectivity index (χ1n) is 5.23. The molecular formula is C10H15ClN2O4S. The molecule has 0 aliphatic rings. The molecule has 0 saturated carbocycles. The molecule has 1 heterocycles. The Morgan fingerprint density at radius 2 is 2.33 bits per heavy atom. The van der Waals surface area contributed by atoms with Gasteiger partial charge in [0.25, 0.3) is 0 Å². The quantitative estimate of drug-likeness (QED) is 0.740. The maximum atomic E-state index is 11.3. The van der Waals surface area contributed by atoms with Gasteiger partial charge in [0, 0.05) is 13.7 Å². The molecule has 1 aromatic heterocycles. The average molecular weight is 295 g/mol. The van der Waals surface area contributed by atoms with E-state index in [1.807, 2.05) is 0 Å². The van der Waals surface area contributed by atoms with Crippen LogP contribution in [0.3, 0.4) is 0 Å². The van der Waals surface area contributed by atoms with Crippen molar-refractivity contribution in [3.8, 4) is 0 Å². The third kappa shape index (κ3) is 4.09. The zero-order chi connectivity index (χ0) is 13.5. The van der Waals surface area contributed by atoms with Gasteiger partial charge in [-0.2, -0.15) is 0 Å². The Bertz CT molecular complexity index is 399. The largest absolute Gasteiger partial charge is 0.465 e. The van der Waals surface area contributed by atoms with Crippen LogP contribution in [-0.4, -0.2) is 49.5 Å². The third-order valence-corrected chi connectivity index (χ3v) is 3.53. The smallest absolute Gasteiger partial charge is 0.351 e. The number of rotatable bonds is 7. The van der Waals surface area contributed by atoms with Crippen LogP contribution in [0.5, 0.6) is 0 Å². The second-order valence-corrected chi connectivity index (χ2v) is 4.79. The predicted octanol–water partition coefficient (Wildman–Crippen LogP) is 1.39. The van der Waals surface area contributed by atoms with E-state index < -0.39 is 5.97 Å². The van der Waals surface area contributed by atoms with Crippen LogP contribution in [0, 0.1) is 0 Å². The molecular weight excluding hydrogens is 280 g/mol. The number of anilines is 1. The van der Waals surface area contributed by atoms with Gasteiger partial charge in [-0.05, 0) is 6.42 Å². The Hall–Kier alpha value is -0.890. The molecule has 18 heavy (non-hydrogen) atoms. The lowest BCUT2D eigenvalue weighted by atomic mass is 10.2. The van der Waals surface area contributed by atoms with Crippen LogP contribution in [-0.2, 0) is 9.47 Å². The monoisotopic (exact) mass is 294 g/mol. The number of esters is 1. The van der Waals surface area contributed by atoms with Gasteiger partial charge < -0.3 is 19.9 Å². The maximum absolute atomic E-state index is 11.3. The number of aliphatic hydroxyl groups is 1. The Kier molecular flexibility index (Phi) is 6.34. The first-order chi connectivity index (χ1) is 8.62. The molecule has 0 bridgehead atoms. The highest BCUT2D eigenvalue weighted by Gasteiger charge is 2.18. The fraction of sp³-hybridized carbons (Fsp3) is 0.600. The zero-order valence-electron chi connectivity index (χ0n) is 10.1. The van der Waals surface area contributed by atoms with E-state index in [1.54, 1.807) is 7.11 Å². The van der Waals surface area contributed by atoms with Crippen LogP contribution >= 0.6 is 22.9 Å². The SMILES string of the molecule is COCCC(CO)Nc1nc(Cl)c(C(=O)OC)s1. The minimum Gasteiger partial charge on any atom is -0.465 e. The van der Waals surface area contributed by atoms with Crippen LogP contribution in [0.2, 0.25) is 5.15 Å². The van der Waals surface area contributed by atoms with Crippen molar-refractivity contribution in [2.24, 2.45) is 0 Å². The zero-order valence-corrected chi connectivity index (χ0v) is 11.7. The van der Waals surface area contributed by atoms with E-state index in [9.17, 15) is 9.90 Å². The molecule has 0 spiro atoms. The summed E-state index contributed by atoms with van der Waals surface area (Å²) in [7, 11) is 2.87. The number of ether oxygens (including phenoxy) is 2. The van der Waals surface area contributed by atoms with Crippen LogP contribution < -0.4 is 5.32 Å². The Labute approximate surface area is 114 Å². The van der Waals surface area contributed by atoms with Gasteiger partial charge in [-0.3, -0.25) is 0 Å². The van der Waals surface area contributed by atoms with Gasteiger partial charge >= 0.3 is 5.97 Å². The Balaban J connectivity index is 2.69. The number of hydrogen-bond acceptors (Lipinski definition) is 7. The summed E-state index contributed by atoms with van der Waals surface area (Å²) in [4.78, 5) is 15.6. The van der Waals surface area contributed by atoms with Crippen LogP contribution in [0.15, 0.2) is 0 Å². The molecule has 102 valence electrons. The number of carbonyl (C=O) groups is 1. The first kappa shape index (κ1) is 15.2. The maximum Gasteiger partial charge on any atom is 0.351 e. The van der Waals surface area contributed by atoms with Crippen molar-refractivity contribution in [1.82, 2.24) is 4.98 Å². The second kappa shape index (κ2) is 7.52. The normalized spacial score (nSPS) is 12.2. The lowest BCUT2D eigenvalue weighted by molar-refractivity contribution is 0.0606. The van der Waals surface area contributed by atoms with Crippen molar-refractivity contribution in [3.05, 3.63) is 10.0 Å². The van der Waals surface area contributed by atoms with Crippen molar-refractivity contribution in [3.63, 3.8) is 0 Å². The third-order valence-electron chi connectivity index (χ3n) is 2.18. The lowest BCUT2D eigenvalue weighted by Gasteiger charge is -2.14. The number of nitrogens with zero attached hydrogens (tertiary/aromatic N) is 1. The Morgan fingerprint density at radius 1 is 1.61 bits per heavy atom. The standard InChI is InChI=1S/C10H15ClN2O4S/c1-16-4-3-6(5-14)12-10-13-8(11)7(18-10)9(15)17-2/h6,14H,3-5H2,1-2H3,(H,12,13). The minimum atomic E-state index is -0.525. The summed E-state index contributed by atoms with van der Waals surface area (Å²) in [5, 5.41) is 12.7. The Morgan fingerprint density at radius 3 is 2.89 bits per heavy atom. The van der Waals surface area contributed by atoms with Crippen molar-refractivity contribution in [2.75, 3.05) is 32.8 Å². The molecule has 0 aliphatic heterocycles. The topological polar surface area (TPSA) is 80.7 Å². The number of halogens is 1. The number of aliphatic hydroxyl groups excluding tert-OH is 1. The summed E-state index contributed by atoms with van der Waals surface area (Å²) in [6, 6.07) is -0.197. The van der Waals surface area contributed by atoms with Gasteiger partial charge in [0.1, 0.15) is 0 Å². The molecule has 1 unspecified atom stereocenters. The van der Waals surface area contributed by atoms with Gasteiger partial charge in [-0.15, -0.1) is 0 Å². The van der Waals surface area contributed by atoms with Gasteiger partial charge in [-0.25, -0.2) is 9.78 Å². The molecule has 0 aromatic carbocycles. The molecule has 2 N–H and O–H groups in total. The summed E-state index contributed by atoms with van der Waals surface area (Å²) in [6.45, 7) is 0.454.